The van der Waals surface area contributed by atoms with Crippen LogP contribution in [0.1, 0.15) is 29.3 Å². The first-order chi connectivity index (χ1) is 9.43. The Morgan fingerprint density at radius 2 is 2.20 bits per heavy atom. The zero-order valence-corrected chi connectivity index (χ0v) is 10.9. The van der Waals surface area contributed by atoms with Crippen molar-refractivity contribution in [2.24, 2.45) is 11.8 Å². The molecule has 1 aliphatic heterocycles. The van der Waals surface area contributed by atoms with Crippen LogP contribution in [0.3, 0.4) is 0 Å². The summed E-state index contributed by atoms with van der Waals surface area (Å²) in [4.78, 5) is 35.9. The normalized spacial score (nSPS) is 18.6. The second-order valence-corrected chi connectivity index (χ2v) is 4.70. The van der Waals surface area contributed by atoms with Crippen molar-refractivity contribution < 1.29 is 18.8 Å². The third-order valence-corrected chi connectivity index (χ3v) is 3.24. The van der Waals surface area contributed by atoms with Crippen LogP contribution in [-0.4, -0.2) is 22.6 Å². The fourth-order valence-electron chi connectivity index (χ4n) is 2.11. The first kappa shape index (κ1) is 14.1. The standard InChI is InChI=1S/C13H14FN3O3/c1-7-4-11(18)17(13(7)20)6-9-5-8(12(19)16-15)2-3-10(9)14/h2-3,5,7H,4,6,15H2,1H3,(H,16,19). The van der Waals surface area contributed by atoms with Gasteiger partial charge in [0.05, 0.1) is 6.54 Å². The summed E-state index contributed by atoms with van der Waals surface area (Å²) in [5, 5.41) is 0. The molecule has 0 saturated carbocycles. The van der Waals surface area contributed by atoms with Crippen LogP contribution in [0.5, 0.6) is 0 Å². The molecular weight excluding hydrogens is 265 g/mol. The Balaban J connectivity index is 2.27. The molecule has 3 amide bonds. The summed E-state index contributed by atoms with van der Waals surface area (Å²) in [5.41, 5.74) is 2.20. The molecule has 6 nitrogen and oxygen atoms in total. The van der Waals surface area contributed by atoms with E-state index < -0.39 is 11.7 Å². The molecule has 0 aliphatic carbocycles. The maximum absolute atomic E-state index is 13.7. The lowest BCUT2D eigenvalue weighted by atomic mass is 10.1. The van der Waals surface area contributed by atoms with E-state index in [9.17, 15) is 18.8 Å². The minimum absolute atomic E-state index is 0.0990. The Morgan fingerprint density at radius 1 is 1.50 bits per heavy atom. The molecule has 1 aromatic carbocycles. The summed E-state index contributed by atoms with van der Waals surface area (Å²) in [7, 11) is 0. The van der Waals surface area contributed by atoms with E-state index >= 15 is 0 Å². The van der Waals surface area contributed by atoms with Crippen LogP contribution in [-0.2, 0) is 16.1 Å². The van der Waals surface area contributed by atoms with E-state index in [4.69, 9.17) is 5.84 Å². The summed E-state index contributed by atoms with van der Waals surface area (Å²) < 4.78 is 13.7. The Hall–Kier alpha value is -2.28. The number of nitrogens with two attached hydrogens (primary N) is 1. The van der Waals surface area contributed by atoms with Gasteiger partial charge in [0.15, 0.2) is 0 Å². The molecule has 1 fully saturated rings. The average Bonchev–Trinajstić information content (AvgIpc) is 2.66. The molecule has 1 aliphatic rings. The third-order valence-electron chi connectivity index (χ3n) is 3.24. The third kappa shape index (κ3) is 2.53. The summed E-state index contributed by atoms with van der Waals surface area (Å²) in [6.45, 7) is 1.47. The number of rotatable bonds is 3. The number of amides is 3. The number of benzene rings is 1. The molecule has 1 heterocycles. The van der Waals surface area contributed by atoms with Crippen LogP contribution in [0.4, 0.5) is 4.39 Å². The van der Waals surface area contributed by atoms with Crippen molar-refractivity contribution in [1.82, 2.24) is 10.3 Å². The van der Waals surface area contributed by atoms with Gasteiger partial charge >= 0.3 is 0 Å². The van der Waals surface area contributed by atoms with Gasteiger partial charge in [-0.25, -0.2) is 10.2 Å². The summed E-state index contributed by atoms with van der Waals surface area (Å²) in [6, 6.07) is 3.66. The minimum atomic E-state index is -0.585. The van der Waals surface area contributed by atoms with E-state index in [0.29, 0.717) is 0 Å². The molecule has 1 saturated heterocycles. The number of imide groups is 1. The monoisotopic (exact) mass is 279 g/mol. The maximum Gasteiger partial charge on any atom is 0.265 e. The second kappa shape index (κ2) is 5.38. The van der Waals surface area contributed by atoms with Gasteiger partial charge in [0, 0.05) is 23.5 Å². The summed E-state index contributed by atoms with van der Waals surface area (Å²) in [5.74, 6) is 2.80. The highest BCUT2D eigenvalue weighted by atomic mass is 19.1. The van der Waals surface area contributed by atoms with Crippen molar-refractivity contribution in [3.63, 3.8) is 0 Å². The molecule has 2 rings (SSSR count). The lowest BCUT2D eigenvalue weighted by Crippen LogP contribution is -2.31. The zero-order chi connectivity index (χ0) is 14.9. The highest BCUT2D eigenvalue weighted by Gasteiger charge is 2.35. The van der Waals surface area contributed by atoms with Crippen molar-refractivity contribution in [2.75, 3.05) is 0 Å². The van der Waals surface area contributed by atoms with Crippen molar-refractivity contribution in [3.05, 3.63) is 35.1 Å². The SMILES string of the molecule is CC1CC(=O)N(Cc2cc(C(=O)NN)ccc2F)C1=O. The molecule has 7 heteroatoms. The number of nitrogen functional groups attached to an aromatic ring is 1. The molecule has 20 heavy (non-hydrogen) atoms. The molecule has 1 atom stereocenters. The highest BCUT2D eigenvalue weighted by Crippen LogP contribution is 2.22. The van der Waals surface area contributed by atoms with E-state index in [1.54, 1.807) is 6.92 Å². The summed E-state index contributed by atoms with van der Waals surface area (Å²) >= 11 is 0. The van der Waals surface area contributed by atoms with E-state index in [0.717, 1.165) is 11.0 Å². The van der Waals surface area contributed by atoms with Crippen LogP contribution < -0.4 is 11.3 Å². The average molecular weight is 279 g/mol. The largest absolute Gasteiger partial charge is 0.290 e. The molecule has 1 unspecified atom stereocenters. The Morgan fingerprint density at radius 3 is 2.75 bits per heavy atom. The first-order valence-electron chi connectivity index (χ1n) is 6.07. The van der Waals surface area contributed by atoms with Crippen LogP contribution in [0.25, 0.3) is 0 Å². The van der Waals surface area contributed by atoms with Gasteiger partial charge in [-0.1, -0.05) is 6.92 Å². The number of hydrogen-bond acceptors (Lipinski definition) is 4. The van der Waals surface area contributed by atoms with Gasteiger partial charge in [0.1, 0.15) is 5.82 Å². The molecule has 0 aromatic heterocycles. The highest BCUT2D eigenvalue weighted by molar-refractivity contribution is 6.03. The number of nitrogens with one attached hydrogen (secondary N) is 1. The van der Waals surface area contributed by atoms with Gasteiger partial charge < -0.3 is 0 Å². The van der Waals surface area contributed by atoms with Crippen LogP contribution in [0.15, 0.2) is 18.2 Å². The fraction of sp³-hybridized carbons (Fsp3) is 0.308. The number of hydrogen-bond donors (Lipinski definition) is 2. The van der Waals surface area contributed by atoms with Crippen LogP contribution >= 0.6 is 0 Å². The van der Waals surface area contributed by atoms with E-state index in [-0.39, 0.29) is 41.8 Å². The summed E-state index contributed by atoms with van der Waals surface area (Å²) in [6.07, 6.45) is 0.128. The number of nitrogens with zero attached hydrogens (tertiary/aromatic N) is 1. The van der Waals surface area contributed by atoms with E-state index in [1.165, 1.54) is 12.1 Å². The molecular formula is C13H14FN3O3. The first-order valence-corrected chi connectivity index (χ1v) is 6.07. The smallest absolute Gasteiger partial charge is 0.265 e. The van der Waals surface area contributed by atoms with Crippen molar-refractivity contribution >= 4 is 17.7 Å². The minimum Gasteiger partial charge on any atom is -0.290 e. The second-order valence-electron chi connectivity index (χ2n) is 4.70. The van der Waals surface area contributed by atoms with Crippen molar-refractivity contribution in [3.8, 4) is 0 Å². The molecule has 3 N–H and O–H groups in total. The molecule has 0 spiro atoms. The number of halogens is 1. The maximum atomic E-state index is 13.7. The van der Waals surface area contributed by atoms with Crippen LogP contribution in [0, 0.1) is 11.7 Å². The quantitative estimate of drug-likeness (QED) is 0.361. The number of hydrazine groups is 1. The Labute approximate surface area is 114 Å². The number of carbonyl (C=O) groups is 3. The molecule has 0 radical (unpaired) electrons. The molecule has 1 aromatic rings. The van der Waals surface area contributed by atoms with Gasteiger partial charge in [0.2, 0.25) is 11.8 Å². The van der Waals surface area contributed by atoms with Gasteiger partial charge in [0.25, 0.3) is 5.91 Å². The Bertz CT molecular complexity index is 588. The van der Waals surface area contributed by atoms with Gasteiger partial charge in [-0.15, -0.1) is 0 Å². The van der Waals surface area contributed by atoms with Gasteiger partial charge in [-0.2, -0.15) is 0 Å². The molecule has 0 bridgehead atoms. The zero-order valence-electron chi connectivity index (χ0n) is 10.9. The number of carbonyl (C=O) groups excluding carboxylic acids is 3. The molecule has 106 valence electrons. The topological polar surface area (TPSA) is 92.5 Å². The predicted octanol–water partition coefficient (Wildman–Crippen LogP) is 0.324. The van der Waals surface area contributed by atoms with Crippen molar-refractivity contribution in [1.29, 1.82) is 0 Å². The predicted molar refractivity (Wildman–Crippen MR) is 67.4 cm³/mol. The van der Waals surface area contributed by atoms with Gasteiger partial charge in [-0.05, 0) is 18.2 Å². The fourth-order valence-corrected chi connectivity index (χ4v) is 2.11. The lowest BCUT2D eigenvalue weighted by Gasteiger charge is -2.15. The van der Waals surface area contributed by atoms with Gasteiger partial charge in [-0.3, -0.25) is 24.7 Å². The van der Waals surface area contributed by atoms with Crippen LogP contribution in [0.2, 0.25) is 0 Å². The van der Waals surface area contributed by atoms with Crippen molar-refractivity contribution in [2.45, 2.75) is 19.9 Å². The number of likely N-dealkylation sites (tertiary alicyclic amines) is 1. The lowest BCUT2D eigenvalue weighted by molar-refractivity contribution is -0.139. The van der Waals surface area contributed by atoms with E-state index in [2.05, 4.69) is 0 Å². The van der Waals surface area contributed by atoms with E-state index in [1.807, 2.05) is 5.43 Å². The Kier molecular flexibility index (Phi) is 3.80.